The average molecular weight is 130 g/mol. The van der Waals surface area contributed by atoms with Crippen molar-refractivity contribution in [2.75, 3.05) is 0 Å². The van der Waals surface area contributed by atoms with Gasteiger partial charge in [0, 0.05) is 4.75 Å². The molecule has 0 unspecified atom stereocenters. The third-order valence-electron chi connectivity index (χ3n) is 1.25. The van der Waals surface area contributed by atoms with Gasteiger partial charge in [-0.2, -0.15) is 0 Å². The molecule has 1 heteroatoms. The van der Waals surface area contributed by atoms with Gasteiger partial charge in [0.2, 0.25) is 0 Å². The summed E-state index contributed by atoms with van der Waals surface area (Å²) >= 11 is 1.80. The van der Waals surface area contributed by atoms with E-state index in [0.29, 0.717) is 4.75 Å². The molecule has 0 saturated carbocycles. The zero-order valence-electron chi connectivity index (χ0n) is 5.90. The summed E-state index contributed by atoms with van der Waals surface area (Å²) in [4.78, 5) is 0. The Hall–Kier alpha value is 0.0900. The molecule has 0 aliphatic carbocycles. The van der Waals surface area contributed by atoms with Crippen LogP contribution in [-0.4, -0.2) is 4.75 Å². The molecule has 0 aliphatic rings. The highest BCUT2D eigenvalue weighted by Crippen LogP contribution is 2.27. The van der Waals surface area contributed by atoms with E-state index in [0.717, 1.165) is 0 Å². The predicted molar refractivity (Wildman–Crippen MR) is 42.2 cm³/mol. The van der Waals surface area contributed by atoms with Gasteiger partial charge in [0.15, 0.2) is 0 Å². The molecule has 0 rings (SSSR count). The van der Waals surface area contributed by atoms with Gasteiger partial charge in [-0.05, 0) is 11.8 Å². The minimum Gasteiger partial charge on any atom is -0.129 e. The van der Waals surface area contributed by atoms with E-state index in [1.165, 1.54) is 6.42 Å². The lowest BCUT2D eigenvalue weighted by Crippen LogP contribution is -2.10. The van der Waals surface area contributed by atoms with Crippen LogP contribution in [0.1, 0.15) is 27.2 Å². The minimum absolute atomic E-state index is 0.391. The van der Waals surface area contributed by atoms with Gasteiger partial charge in [-0.1, -0.05) is 27.4 Å². The molecule has 48 valence electrons. The summed E-state index contributed by atoms with van der Waals surface area (Å²) in [6, 6.07) is 0. The van der Waals surface area contributed by atoms with Gasteiger partial charge in [-0.15, -0.1) is 11.8 Å². The lowest BCUT2D eigenvalue weighted by molar-refractivity contribution is 0.688. The van der Waals surface area contributed by atoms with Gasteiger partial charge in [-0.25, -0.2) is 0 Å². The maximum absolute atomic E-state index is 3.66. The Labute approximate surface area is 56.4 Å². The molecule has 8 heavy (non-hydrogen) atoms. The Morgan fingerprint density at radius 3 is 2.25 bits per heavy atom. The second kappa shape index (κ2) is 3.18. The Bertz CT molecular complexity index is 74.5. The van der Waals surface area contributed by atoms with Gasteiger partial charge in [0.25, 0.3) is 0 Å². The van der Waals surface area contributed by atoms with Crippen LogP contribution in [0.3, 0.4) is 0 Å². The molecule has 0 heterocycles. The molecule has 0 aromatic carbocycles. The molecule has 0 fully saturated rings. The fraction of sp³-hybridized carbons (Fsp3) is 0.714. The van der Waals surface area contributed by atoms with Crippen LogP contribution in [0, 0.1) is 0 Å². The predicted octanol–water partition coefficient (Wildman–Crippen LogP) is 3.05. The monoisotopic (exact) mass is 130 g/mol. The van der Waals surface area contributed by atoms with Crippen molar-refractivity contribution in [2.45, 2.75) is 31.9 Å². The van der Waals surface area contributed by atoms with Gasteiger partial charge < -0.3 is 0 Å². The highest BCUT2D eigenvalue weighted by atomic mass is 32.2. The number of hydrogen-bond donors (Lipinski definition) is 0. The quantitative estimate of drug-likeness (QED) is 0.566. The van der Waals surface area contributed by atoms with E-state index in [2.05, 4.69) is 27.4 Å². The van der Waals surface area contributed by atoms with Crippen molar-refractivity contribution >= 4 is 11.8 Å². The van der Waals surface area contributed by atoms with Crippen LogP contribution in [0.5, 0.6) is 0 Å². The van der Waals surface area contributed by atoms with E-state index in [9.17, 15) is 0 Å². The Balaban J connectivity index is 3.53. The van der Waals surface area contributed by atoms with Crippen molar-refractivity contribution in [1.82, 2.24) is 0 Å². The number of thioether (sulfide) groups is 1. The summed E-state index contributed by atoms with van der Waals surface area (Å²) in [5, 5.41) is 1.91. The van der Waals surface area contributed by atoms with Gasteiger partial charge >= 0.3 is 0 Å². The van der Waals surface area contributed by atoms with Gasteiger partial charge in [-0.3, -0.25) is 0 Å². The number of hydrogen-bond acceptors (Lipinski definition) is 1. The summed E-state index contributed by atoms with van der Waals surface area (Å²) in [6.45, 7) is 10.3. The van der Waals surface area contributed by atoms with Gasteiger partial charge in [0.1, 0.15) is 0 Å². The molecular weight excluding hydrogens is 116 g/mol. The van der Waals surface area contributed by atoms with E-state index in [-0.39, 0.29) is 0 Å². The summed E-state index contributed by atoms with van der Waals surface area (Å²) in [5.74, 6) is 0. The molecule has 0 bridgehead atoms. The van der Waals surface area contributed by atoms with Gasteiger partial charge in [0.05, 0.1) is 0 Å². The SMILES string of the molecule is C=CSC(C)(C)CC. The Morgan fingerprint density at radius 1 is 1.62 bits per heavy atom. The van der Waals surface area contributed by atoms with E-state index >= 15 is 0 Å². The van der Waals surface area contributed by atoms with Crippen LogP contribution in [0.4, 0.5) is 0 Å². The third kappa shape index (κ3) is 3.14. The molecule has 0 aromatic heterocycles. The molecule has 0 saturated heterocycles. The average Bonchev–Trinajstić information content (AvgIpc) is 1.67. The smallest absolute Gasteiger partial charge is 0.0142 e. The van der Waals surface area contributed by atoms with Crippen LogP contribution < -0.4 is 0 Å². The van der Waals surface area contributed by atoms with Crippen molar-refractivity contribution < 1.29 is 0 Å². The topological polar surface area (TPSA) is 0 Å². The molecule has 0 N–H and O–H groups in total. The van der Waals surface area contributed by atoms with Crippen molar-refractivity contribution in [3.63, 3.8) is 0 Å². The van der Waals surface area contributed by atoms with Crippen molar-refractivity contribution in [3.8, 4) is 0 Å². The fourth-order valence-electron chi connectivity index (χ4n) is 0.309. The van der Waals surface area contributed by atoms with Crippen LogP contribution in [0.25, 0.3) is 0 Å². The maximum Gasteiger partial charge on any atom is 0.0142 e. The first-order chi connectivity index (χ1) is 3.62. The maximum atomic E-state index is 3.66. The molecule has 0 spiro atoms. The van der Waals surface area contributed by atoms with Crippen LogP contribution in [0.2, 0.25) is 0 Å². The van der Waals surface area contributed by atoms with E-state index in [1.54, 1.807) is 11.8 Å². The summed E-state index contributed by atoms with van der Waals surface area (Å²) in [7, 11) is 0. The summed E-state index contributed by atoms with van der Waals surface area (Å²) in [6.07, 6.45) is 1.20. The van der Waals surface area contributed by atoms with Crippen LogP contribution in [-0.2, 0) is 0 Å². The molecule has 0 aliphatic heterocycles. The first kappa shape index (κ1) is 8.09. The van der Waals surface area contributed by atoms with Crippen molar-refractivity contribution in [2.24, 2.45) is 0 Å². The lowest BCUT2D eigenvalue weighted by atomic mass is 10.1. The van der Waals surface area contributed by atoms with Crippen LogP contribution >= 0.6 is 11.8 Å². The Morgan fingerprint density at radius 2 is 2.12 bits per heavy atom. The minimum atomic E-state index is 0.391. The van der Waals surface area contributed by atoms with E-state index in [1.807, 2.05) is 5.41 Å². The Kier molecular flexibility index (Phi) is 3.22. The van der Waals surface area contributed by atoms with Crippen LogP contribution in [0.15, 0.2) is 12.0 Å². The van der Waals surface area contributed by atoms with E-state index < -0.39 is 0 Å². The first-order valence-electron chi connectivity index (χ1n) is 2.91. The zero-order chi connectivity index (χ0) is 6.62. The largest absolute Gasteiger partial charge is 0.129 e. The molecule has 0 radical (unpaired) electrons. The van der Waals surface area contributed by atoms with Crippen molar-refractivity contribution in [3.05, 3.63) is 12.0 Å². The summed E-state index contributed by atoms with van der Waals surface area (Å²) in [5.41, 5.74) is 0. The van der Waals surface area contributed by atoms with E-state index in [4.69, 9.17) is 0 Å². The lowest BCUT2D eigenvalue weighted by Gasteiger charge is -2.18. The third-order valence-corrected chi connectivity index (χ3v) is 2.35. The second-order valence-corrected chi connectivity index (χ2v) is 4.07. The first-order valence-corrected chi connectivity index (χ1v) is 3.79. The number of rotatable bonds is 3. The normalized spacial score (nSPS) is 11.4. The molecule has 0 nitrogen and oxygen atoms in total. The highest BCUT2D eigenvalue weighted by molar-refractivity contribution is 8.03. The molecule has 0 amide bonds. The standard InChI is InChI=1S/C7H14S/c1-5-7(3,4)8-6-2/h6H,2,5H2,1,3-4H3. The summed E-state index contributed by atoms with van der Waals surface area (Å²) < 4.78 is 0.391. The zero-order valence-corrected chi connectivity index (χ0v) is 6.72. The fourth-order valence-corrected chi connectivity index (χ4v) is 0.927. The molecule has 0 aromatic rings. The molecule has 0 atom stereocenters. The van der Waals surface area contributed by atoms with Crippen molar-refractivity contribution in [1.29, 1.82) is 0 Å². The molecular formula is C7H14S. The highest BCUT2D eigenvalue weighted by Gasteiger charge is 2.11. The second-order valence-electron chi connectivity index (χ2n) is 2.40.